The van der Waals surface area contributed by atoms with Crippen LogP contribution in [0.2, 0.25) is 0 Å². The highest BCUT2D eigenvalue weighted by atomic mass is 32.2. The summed E-state index contributed by atoms with van der Waals surface area (Å²) in [5.74, 6) is 1.28. The smallest absolute Gasteiger partial charge is 0.258 e. The number of carbonyl (C=O) groups excluding carboxylic acids is 1. The number of furan rings is 1. The fourth-order valence-corrected chi connectivity index (χ4v) is 6.00. The molecule has 0 unspecified atom stereocenters. The number of morpholine rings is 1. The predicted octanol–water partition coefficient (Wildman–Crippen LogP) is 3.70. The number of sulfonamides is 1. The third-order valence-electron chi connectivity index (χ3n) is 6.55. The van der Waals surface area contributed by atoms with Crippen molar-refractivity contribution in [1.29, 1.82) is 0 Å². The number of hydrogen-bond acceptors (Lipinski definition) is 6. The summed E-state index contributed by atoms with van der Waals surface area (Å²) in [5.41, 5.74) is 2.24. The predicted molar refractivity (Wildman–Crippen MR) is 126 cm³/mol. The summed E-state index contributed by atoms with van der Waals surface area (Å²) in [6.07, 6.45) is 1.59. The Labute approximate surface area is 198 Å². The quantitative estimate of drug-likeness (QED) is 0.600. The molecular weight excluding hydrogens is 454 g/mol. The first-order valence-corrected chi connectivity index (χ1v) is 12.9. The first-order chi connectivity index (χ1) is 16.5. The van der Waals surface area contributed by atoms with Crippen LogP contribution in [0.5, 0.6) is 0 Å². The number of ether oxygens (including phenoxy) is 1. The molecule has 3 aliphatic rings. The average molecular weight is 480 g/mol. The van der Waals surface area contributed by atoms with Crippen LogP contribution in [-0.4, -0.2) is 55.9 Å². The molecular formula is C25H25N3O5S. The summed E-state index contributed by atoms with van der Waals surface area (Å²) in [4.78, 5) is 15.3. The normalized spacial score (nSPS) is 21.2. The number of nitrogens with one attached hydrogen (secondary N) is 1. The molecule has 1 amide bonds. The van der Waals surface area contributed by atoms with Gasteiger partial charge in [0, 0.05) is 30.4 Å². The van der Waals surface area contributed by atoms with Crippen LogP contribution < -0.4 is 5.32 Å². The fourth-order valence-electron chi connectivity index (χ4n) is 4.59. The van der Waals surface area contributed by atoms with Crippen LogP contribution in [0.15, 0.2) is 70.0 Å². The van der Waals surface area contributed by atoms with E-state index in [0.29, 0.717) is 43.4 Å². The number of benzene rings is 2. The Morgan fingerprint density at radius 1 is 0.912 bits per heavy atom. The minimum atomic E-state index is -3.55. The van der Waals surface area contributed by atoms with E-state index in [1.165, 1.54) is 4.31 Å². The monoisotopic (exact) mass is 479 g/mol. The van der Waals surface area contributed by atoms with Gasteiger partial charge < -0.3 is 19.4 Å². The molecule has 0 spiro atoms. The van der Waals surface area contributed by atoms with Crippen molar-refractivity contribution in [1.82, 2.24) is 9.21 Å². The van der Waals surface area contributed by atoms with Crippen molar-refractivity contribution in [3.63, 3.8) is 0 Å². The average Bonchev–Trinajstić information content (AvgIpc) is 3.59. The van der Waals surface area contributed by atoms with Gasteiger partial charge in [0.1, 0.15) is 11.5 Å². The molecule has 34 heavy (non-hydrogen) atoms. The highest BCUT2D eigenvalue weighted by Gasteiger charge is 2.43. The maximum absolute atomic E-state index is 13.2. The van der Waals surface area contributed by atoms with Gasteiger partial charge in [0.05, 0.1) is 23.7 Å². The molecule has 0 bridgehead atoms. The van der Waals surface area contributed by atoms with Gasteiger partial charge in [-0.15, -0.1) is 0 Å². The van der Waals surface area contributed by atoms with E-state index in [4.69, 9.17) is 9.15 Å². The number of carbonyl (C=O) groups is 1. The number of hydrogen-bond donors (Lipinski definition) is 1. The summed E-state index contributed by atoms with van der Waals surface area (Å²) >= 11 is 0. The van der Waals surface area contributed by atoms with E-state index in [9.17, 15) is 13.2 Å². The molecule has 2 aliphatic heterocycles. The molecule has 1 saturated carbocycles. The van der Waals surface area contributed by atoms with Crippen molar-refractivity contribution in [2.75, 3.05) is 31.6 Å². The minimum absolute atomic E-state index is 0.0115. The number of rotatable bonds is 5. The Kier molecular flexibility index (Phi) is 5.20. The van der Waals surface area contributed by atoms with Crippen LogP contribution in [0.1, 0.15) is 35.1 Å². The highest BCUT2D eigenvalue weighted by Crippen LogP contribution is 2.41. The Hall–Kier alpha value is -3.14. The molecule has 8 nitrogen and oxygen atoms in total. The van der Waals surface area contributed by atoms with Crippen LogP contribution in [-0.2, 0) is 14.8 Å². The SMILES string of the molecule is O=C1c2ccccc2N[C@H](c2ccc(-c3ccc(S(=O)(=O)N4CCOCC4)cc3)o2)N1C1CC1. The molecule has 2 fully saturated rings. The van der Waals surface area contributed by atoms with Crippen LogP contribution >= 0.6 is 0 Å². The molecule has 176 valence electrons. The van der Waals surface area contributed by atoms with Gasteiger partial charge >= 0.3 is 0 Å². The van der Waals surface area contributed by atoms with Gasteiger partial charge in [-0.2, -0.15) is 4.31 Å². The summed E-state index contributed by atoms with van der Waals surface area (Å²) in [5, 5.41) is 3.46. The first kappa shape index (κ1) is 21.4. The zero-order chi connectivity index (χ0) is 23.3. The molecule has 1 saturated heterocycles. The van der Waals surface area contributed by atoms with Gasteiger partial charge in [-0.05, 0) is 61.4 Å². The van der Waals surface area contributed by atoms with Crippen LogP contribution in [0.3, 0.4) is 0 Å². The second kappa shape index (κ2) is 8.26. The minimum Gasteiger partial charge on any atom is -0.457 e. The summed E-state index contributed by atoms with van der Waals surface area (Å²) in [6.45, 7) is 1.54. The lowest BCUT2D eigenvalue weighted by Gasteiger charge is -2.37. The van der Waals surface area contributed by atoms with E-state index in [0.717, 1.165) is 24.1 Å². The maximum atomic E-state index is 13.2. The van der Waals surface area contributed by atoms with Crippen molar-refractivity contribution in [2.45, 2.75) is 29.9 Å². The molecule has 3 aromatic rings. The van der Waals surface area contributed by atoms with Gasteiger partial charge in [-0.3, -0.25) is 4.79 Å². The maximum Gasteiger partial charge on any atom is 0.258 e. The zero-order valence-electron chi connectivity index (χ0n) is 18.5. The Bertz CT molecular complexity index is 1320. The van der Waals surface area contributed by atoms with Crippen LogP contribution in [0.25, 0.3) is 11.3 Å². The zero-order valence-corrected chi connectivity index (χ0v) is 19.3. The molecule has 0 radical (unpaired) electrons. The summed E-state index contributed by atoms with van der Waals surface area (Å²) < 4.78 is 38.7. The molecule has 1 aliphatic carbocycles. The van der Waals surface area contributed by atoms with Gasteiger partial charge in [-0.1, -0.05) is 12.1 Å². The lowest BCUT2D eigenvalue weighted by Crippen LogP contribution is -2.44. The molecule has 6 rings (SSSR count). The summed E-state index contributed by atoms with van der Waals surface area (Å²) in [6, 6.07) is 18.2. The molecule has 3 heterocycles. The van der Waals surface area contributed by atoms with Crippen molar-refractivity contribution in [3.05, 3.63) is 72.0 Å². The number of para-hydroxylation sites is 1. The lowest BCUT2D eigenvalue weighted by molar-refractivity contribution is 0.0646. The van der Waals surface area contributed by atoms with E-state index >= 15 is 0 Å². The first-order valence-electron chi connectivity index (χ1n) is 11.5. The molecule has 1 aromatic heterocycles. The van der Waals surface area contributed by atoms with Gasteiger partial charge in [-0.25, -0.2) is 8.42 Å². The number of amides is 1. The topological polar surface area (TPSA) is 92.1 Å². The third kappa shape index (κ3) is 3.70. The van der Waals surface area contributed by atoms with Crippen molar-refractivity contribution in [2.24, 2.45) is 0 Å². The van der Waals surface area contributed by atoms with Crippen molar-refractivity contribution >= 4 is 21.6 Å². The van der Waals surface area contributed by atoms with Gasteiger partial charge in [0.15, 0.2) is 6.17 Å². The third-order valence-corrected chi connectivity index (χ3v) is 8.46. The Morgan fingerprint density at radius 2 is 1.65 bits per heavy atom. The fraction of sp³-hybridized carbons (Fsp3) is 0.320. The lowest BCUT2D eigenvalue weighted by atomic mass is 10.1. The van der Waals surface area contributed by atoms with E-state index in [1.54, 1.807) is 24.3 Å². The van der Waals surface area contributed by atoms with E-state index in [2.05, 4.69) is 5.32 Å². The molecule has 9 heteroatoms. The number of anilines is 1. The Balaban J connectivity index is 1.27. The van der Waals surface area contributed by atoms with Gasteiger partial charge in [0.25, 0.3) is 5.91 Å². The van der Waals surface area contributed by atoms with Crippen LogP contribution in [0.4, 0.5) is 5.69 Å². The highest BCUT2D eigenvalue weighted by molar-refractivity contribution is 7.89. The van der Waals surface area contributed by atoms with E-state index < -0.39 is 10.0 Å². The Morgan fingerprint density at radius 3 is 2.38 bits per heavy atom. The second-order valence-electron chi connectivity index (χ2n) is 8.78. The van der Waals surface area contributed by atoms with Crippen molar-refractivity contribution in [3.8, 4) is 11.3 Å². The summed E-state index contributed by atoms with van der Waals surface area (Å²) in [7, 11) is -3.55. The number of fused-ring (bicyclic) bond motifs is 1. The second-order valence-corrected chi connectivity index (χ2v) is 10.7. The van der Waals surface area contributed by atoms with Gasteiger partial charge in [0.2, 0.25) is 10.0 Å². The van der Waals surface area contributed by atoms with E-state index in [1.807, 2.05) is 41.3 Å². The standard InChI is InChI=1S/C25H25N3O5S/c29-25-20-3-1-2-4-21(20)26-24(28(25)18-7-8-18)23-12-11-22(33-23)17-5-9-19(10-6-17)34(30,31)27-13-15-32-16-14-27/h1-6,9-12,18,24,26H,7-8,13-16H2/t24-/m0/s1. The van der Waals surface area contributed by atoms with Crippen molar-refractivity contribution < 1.29 is 22.4 Å². The molecule has 1 atom stereocenters. The van der Waals surface area contributed by atoms with E-state index in [-0.39, 0.29) is 23.0 Å². The number of nitrogens with zero attached hydrogens (tertiary/aromatic N) is 2. The molecule has 1 N–H and O–H groups in total. The molecule has 2 aromatic carbocycles. The largest absolute Gasteiger partial charge is 0.457 e. The van der Waals surface area contributed by atoms with Crippen LogP contribution in [0, 0.1) is 0 Å².